The monoisotopic (exact) mass is 255 g/mol. The van der Waals surface area contributed by atoms with Gasteiger partial charge in [0.2, 0.25) is 11.7 Å². The Morgan fingerprint density at radius 2 is 2.06 bits per heavy atom. The average Bonchev–Trinajstić information content (AvgIpc) is 2.73. The van der Waals surface area contributed by atoms with Crippen molar-refractivity contribution >= 4 is 0 Å². The molecule has 0 saturated carbocycles. The Hall–Kier alpha value is -0.940. The Bertz CT molecular complexity index is 344. The number of ether oxygens (including phenoxy) is 1. The van der Waals surface area contributed by atoms with E-state index in [2.05, 4.69) is 30.9 Å². The lowest BCUT2D eigenvalue weighted by molar-refractivity contribution is -0.0203. The number of hydrogen-bond acceptors (Lipinski definition) is 5. The normalized spacial score (nSPS) is 13.8. The Morgan fingerprint density at radius 3 is 2.61 bits per heavy atom. The molecule has 1 rings (SSSR count). The van der Waals surface area contributed by atoms with E-state index in [9.17, 15) is 0 Å². The van der Waals surface area contributed by atoms with E-state index in [1.54, 1.807) is 0 Å². The van der Waals surface area contributed by atoms with Crippen LogP contribution in [-0.2, 0) is 11.2 Å². The van der Waals surface area contributed by atoms with Gasteiger partial charge in [0.15, 0.2) is 0 Å². The summed E-state index contributed by atoms with van der Waals surface area (Å²) in [5.74, 6) is 1.32. The van der Waals surface area contributed by atoms with Crippen LogP contribution in [0.1, 0.15) is 58.4 Å². The van der Waals surface area contributed by atoms with Crippen LogP contribution in [0.25, 0.3) is 0 Å². The molecular formula is C13H25N3O2. The lowest BCUT2D eigenvalue weighted by atomic mass is 9.88. The Labute approximate surface area is 109 Å². The molecule has 0 spiro atoms. The van der Waals surface area contributed by atoms with Gasteiger partial charge in [0.05, 0.1) is 0 Å². The second kappa shape index (κ2) is 6.85. The molecule has 2 N–H and O–H groups in total. The molecule has 5 nitrogen and oxygen atoms in total. The molecule has 1 unspecified atom stereocenters. The highest BCUT2D eigenvalue weighted by Crippen LogP contribution is 2.34. The fourth-order valence-corrected chi connectivity index (χ4v) is 1.78. The molecule has 0 radical (unpaired) electrons. The van der Waals surface area contributed by atoms with Crippen molar-refractivity contribution in [1.82, 2.24) is 10.1 Å². The maximum atomic E-state index is 5.73. The van der Waals surface area contributed by atoms with Gasteiger partial charge in [-0.2, -0.15) is 4.98 Å². The van der Waals surface area contributed by atoms with Crippen molar-refractivity contribution in [2.75, 3.05) is 13.2 Å². The van der Waals surface area contributed by atoms with Gasteiger partial charge in [-0.3, -0.25) is 0 Å². The maximum absolute atomic E-state index is 5.73. The van der Waals surface area contributed by atoms with Crippen LogP contribution in [0.2, 0.25) is 0 Å². The second-order valence-corrected chi connectivity index (χ2v) is 5.49. The molecule has 0 aromatic carbocycles. The maximum Gasteiger partial charge on any atom is 0.226 e. The highest BCUT2D eigenvalue weighted by atomic mass is 16.5. The number of nitrogens with zero attached hydrogens (tertiary/aromatic N) is 2. The molecule has 0 saturated heterocycles. The zero-order chi connectivity index (χ0) is 13.6. The number of rotatable bonds is 7. The van der Waals surface area contributed by atoms with Crippen LogP contribution in [0.15, 0.2) is 4.52 Å². The van der Waals surface area contributed by atoms with Gasteiger partial charge >= 0.3 is 0 Å². The van der Waals surface area contributed by atoms with Gasteiger partial charge in [0, 0.05) is 13.0 Å². The van der Waals surface area contributed by atoms with E-state index < -0.39 is 0 Å². The van der Waals surface area contributed by atoms with Gasteiger partial charge in [0.25, 0.3) is 0 Å². The third-order valence-electron chi connectivity index (χ3n) is 2.68. The summed E-state index contributed by atoms with van der Waals surface area (Å²) in [6, 6.07) is 0. The first-order valence-electron chi connectivity index (χ1n) is 6.63. The third kappa shape index (κ3) is 4.38. The molecule has 0 bridgehead atoms. The van der Waals surface area contributed by atoms with E-state index in [1.165, 1.54) is 0 Å². The van der Waals surface area contributed by atoms with E-state index in [4.69, 9.17) is 15.0 Å². The highest BCUT2D eigenvalue weighted by molar-refractivity contribution is 4.96. The van der Waals surface area contributed by atoms with Gasteiger partial charge in [-0.05, 0) is 31.7 Å². The van der Waals surface area contributed by atoms with Gasteiger partial charge in [-0.15, -0.1) is 0 Å². The van der Waals surface area contributed by atoms with Crippen molar-refractivity contribution in [3.05, 3.63) is 11.7 Å². The van der Waals surface area contributed by atoms with E-state index in [0.29, 0.717) is 24.9 Å². The molecule has 0 aliphatic carbocycles. The van der Waals surface area contributed by atoms with Crippen molar-refractivity contribution in [3.8, 4) is 0 Å². The molecule has 104 valence electrons. The third-order valence-corrected chi connectivity index (χ3v) is 2.68. The number of aromatic nitrogens is 2. The molecule has 0 fully saturated rings. The number of hydrogen-bond donors (Lipinski definition) is 1. The standard InChI is InChI=1S/C13H25N3O2/c1-5-17-11(13(2,3)4)12-15-10(18-16-12)8-6-7-9-14/h11H,5-9,14H2,1-4H3. The van der Waals surface area contributed by atoms with Gasteiger partial charge < -0.3 is 15.0 Å². The molecule has 0 amide bonds. The van der Waals surface area contributed by atoms with E-state index >= 15 is 0 Å². The van der Waals surface area contributed by atoms with Crippen LogP contribution < -0.4 is 5.73 Å². The molecule has 0 aliphatic heterocycles. The number of aryl methyl sites for hydroxylation is 1. The minimum atomic E-state index is -0.130. The summed E-state index contributed by atoms with van der Waals surface area (Å²) in [4.78, 5) is 4.42. The summed E-state index contributed by atoms with van der Waals surface area (Å²) in [6.07, 6.45) is 2.61. The fourth-order valence-electron chi connectivity index (χ4n) is 1.78. The molecular weight excluding hydrogens is 230 g/mol. The lowest BCUT2D eigenvalue weighted by Crippen LogP contribution is -2.22. The van der Waals surface area contributed by atoms with E-state index in [-0.39, 0.29) is 11.5 Å². The summed E-state index contributed by atoms with van der Waals surface area (Å²) >= 11 is 0. The van der Waals surface area contributed by atoms with Crippen LogP contribution >= 0.6 is 0 Å². The van der Waals surface area contributed by atoms with Crippen molar-refractivity contribution < 1.29 is 9.26 Å². The van der Waals surface area contributed by atoms with Crippen molar-refractivity contribution in [2.24, 2.45) is 11.1 Å². The topological polar surface area (TPSA) is 74.2 Å². The molecule has 1 heterocycles. The highest BCUT2D eigenvalue weighted by Gasteiger charge is 2.31. The first kappa shape index (κ1) is 15.1. The predicted octanol–water partition coefficient (Wildman–Crippen LogP) is 2.47. The first-order valence-corrected chi connectivity index (χ1v) is 6.63. The van der Waals surface area contributed by atoms with Crippen LogP contribution in [0, 0.1) is 5.41 Å². The summed E-state index contributed by atoms with van der Waals surface area (Å²) in [7, 11) is 0. The van der Waals surface area contributed by atoms with Crippen molar-refractivity contribution in [3.63, 3.8) is 0 Å². The van der Waals surface area contributed by atoms with Crippen LogP contribution in [0.5, 0.6) is 0 Å². The minimum Gasteiger partial charge on any atom is -0.370 e. The smallest absolute Gasteiger partial charge is 0.226 e. The van der Waals surface area contributed by atoms with Crippen LogP contribution in [0.3, 0.4) is 0 Å². The molecule has 5 heteroatoms. The zero-order valence-corrected chi connectivity index (χ0v) is 11.9. The summed E-state index contributed by atoms with van der Waals surface area (Å²) in [5.41, 5.74) is 5.41. The molecule has 18 heavy (non-hydrogen) atoms. The van der Waals surface area contributed by atoms with Crippen molar-refractivity contribution in [1.29, 1.82) is 0 Å². The average molecular weight is 255 g/mol. The fraction of sp³-hybridized carbons (Fsp3) is 0.846. The minimum absolute atomic E-state index is 0.0472. The molecule has 1 atom stereocenters. The van der Waals surface area contributed by atoms with Gasteiger partial charge in [-0.25, -0.2) is 0 Å². The van der Waals surface area contributed by atoms with E-state index in [0.717, 1.165) is 19.3 Å². The Morgan fingerprint density at radius 1 is 1.33 bits per heavy atom. The SMILES string of the molecule is CCOC(c1noc(CCCCN)n1)C(C)(C)C. The van der Waals surface area contributed by atoms with Gasteiger partial charge in [0.1, 0.15) is 6.10 Å². The predicted molar refractivity (Wildman–Crippen MR) is 70.1 cm³/mol. The van der Waals surface area contributed by atoms with Crippen molar-refractivity contribution in [2.45, 2.75) is 53.1 Å². The first-order chi connectivity index (χ1) is 8.49. The molecule has 0 aliphatic rings. The molecule has 1 aromatic heterocycles. The number of nitrogens with two attached hydrogens (primary N) is 1. The quantitative estimate of drug-likeness (QED) is 0.758. The largest absolute Gasteiger partial charge is 0.370 e. The molecule has 1 aromatic rings. The van der Waals surface area contributed by atoms with Crippen LogP contribution in [0.4, 0.5) is 0 Å². The van der Waals surface area contributed by atoms with Gasteiger partial charge in [-0.1, -0.05) is 25.9 Å². The Balaban J connectivity index is 2.69. The summed E-state index contributed by atoms with van der Waals surface area (Å²) in [6.45, 7) is 9.64. The summed E-state index contributed by atoms with van der Waals surface area (Å²) < 4.78 is 11.0. The summed E-state index contributed by atoms with van der Waals surface area (Å²) in [5, 5.41) is 4.04. The lowest BCUT2D eigenvalue weighted by Gasteiger charge is -2.27. The van der Waals surface area contributed by atoms with E-state index in [1.807, 2.05) is 6.92 Å². The Kier molecular flexibility index (Phi) is 5.75. The zero-order valence-electron chi connectivity index (χ0n) is 11.9. The number of unbranched alkanes of at least 4 members (excludes halogenated alkanes) is 1. The second-order valence-electron chi connectivity index (χ2n) is 5.49. The van der Waals surface area contributed by atoms with Crippen LogP contribution in [-0.4, -0.2) is 23.3 Å².